The maximum Gasteiger partial charge on any atom is 0.138 e. The summed E-state index contributed by atoms with van der Waals surface area (Å²) in [7, 11) is 0. The quantitative estimate of drug-likeness (QED) is 0.868. The number of hydrogen-bond acceptors (Lipinski definition) is 2. The molecule has 0 amide bonds. The summed E-state index contributed by atoms with van der Waals surface area (Å²) in [4.78, 5) is 0. The van der Waals surface area contributed by atoms with E-state index in [4.69, 9.17) is 16.3 Å². The summed E-state index contributed by atoms with van der Waals surface area (Å²) >= 11 is 6.00. The smallest absolute Gasteiger partial charge is 0.138 e. The first-order chi connectivity index (χ1) is 6.86. The molecular formula is C11H15Cl2NO. The lowest BCUT2D eigenvalue weighted by Crippen LogP contribution is -2.37. The molecule has 2 rings (SSSR count). The number of nitrogens with one attached hydrogen (secondary N) is 1. The van der Waals surface area contributed by atoms with Gasteiger partial charge >= 0.3 is 0 Å². The molecule has 15 heavy (non-hydrogen) atoms. The number of benzene rings is 1. The van der Waals surface area contributed by atoms with Gasteiger partial charge in [-0.25, -0.2) is 0 Å². The maximum atomic E-state index is 6.00. The number of piperidine rings is 1. The summed E-state index contributed by atoms with van der Waals surface area (Å²) in [6, 6.07) is 7.62. The number of rotatable bonds is 2. The van der Waals surface area contributed by atoms with Gasteiger partial charge in [0.25, 0.3) is 0 Å². The van der Waals surface area contributed by atoms with E-state index in [1.54, 1.807) is 0 Å². The Morgan fingerprint density at radius 2 is 2.13 bits per heavy atom. The molecule has 0 aromatic heterocycles. The number of halogens is 2. The highest BCUT2D eigenvalue weighted by molar-refractivity contribution is 6.32. The zero-order valence-corrected chi connectivity index (χ0v) is 9.98. The van der Waals surface area contributed by atoms with Gasteiger partial charge in [-0.2, -0.15) is 0 Å². The molecule has 84 valence electrons. The summed E-state index contributed by atoms with van der Waals surface area (Å²) in [5.41, 5.74) is 0. The summed E-state index contributed by atoms with van der Waals surface area (Å²) < 4.78 is 5.79. The molecule has 1 aromatic carbocycles. The molecule has 1 saturated heterocycles. The van der Waals surface area contributed by atoms with Crippen LogP contribution in [0.5, 0.6) is 5.75 Å². The van der Waals surface area contributed by atoms with Gasteiger partial charge < -0.3 is 10.1 Å². The Bertz CT molecular complexity index is 300. The van der Waals surface area contributed by atoms with Crippen LogP contribution in [0.15, 0.2) is 24.3 Å². The van der Waals surface area contributed by atoms with Gasteiger partial charge in [0, 0.05) is 6.54 Å². The summed E-state index contributed by atoms with van der Waals surface area (Å²) in [5, 5.41) is 4.00. The van der Waals surface area contributed by atoms with Crippen molar-refractivity contribution in [2.45, 2.75) is 18.9 Å². The predicted octanol–water partition coefficient (Wildman–Crippen LogP) is 2.89. The Morgan fingerprint density at radius 1 is 1.33 bits per heavy atom. The van der Waals surface area contributed by atoms with Crippen LogP contribution in [0.25, 0.3) is 0 Å². The topological polar surface area (TPSA) is 21.3 Å². The van der Waals surface area contributed by atoms with Crippen LogP contribution in [0.3, 0.4) is 0 Å². The molecule has 4 heteroatoms. The van der Waals surface area contributed by atoms with Crippen molar-refractivity contribution in [2.24, 2.45) is 0 Å². The Kier molecular flexibility index (Phi) is 5.23. The molecule has 1 aliphatic rings. The van der Waals surface area contributed by atoms with E-state index < -0.39 is 0 Å². The average Bonchev–Trinajstić information content (AvgIpc) is 2.23. The van der Waals surface area contributed by atoms with Crippen molar-refractivity contribution >= 4 is 24.0 Å². The molecule has 2 nitrogen and oxygen atoms in total. The first-order valence-electron chi connectivity index (χ1n) is 4.98. The van der Waals surface area contributed by atoms with Crippen molar-refractivity contribution in [2.75, 3.05) is 13.1 Å². The molecule has 0 bridgehead atoms. The van der Waals surface area contributed by atoms with Crippen LogP contribution in [0.4, 0.5) is 0 Å². The second-order valence-electron chi connectivity index (χ2n) is 3.52. The molecule has 1 atom stereocenters. The number of hydrogen-bond donors (Lipinski definition) is 1. The monoisotopic (exact) mass is 247 g/mol. The standard InChI is InChI=1S/C11H14ClNO.ClH/c12-10-5-1-2-6-11(10)14-9-4-3-7-13-8-9;/h1-2,5-6,9,13H,3-4,7-8H2;1H. The minimum atomic E-state index is 0. The zero-order chi connectivity index (χ0) is 9.80. The first kappa shape index (κ1) is 12.6. The van der Waals surface area contributed by atoms with Crippen LogP contribution in [0, 0.1) is 0 Å². The third-order valence-electron chi connectivity index (χ3n) is 2.38. The van der Waals surface area contributed by atoms with Gasteiger partial charge in [0.2, 0.25) is 0 Å². The third-order valence-corrected chi connectivity index (χ3v) is 2.69. The summed E-state index contributed by atoms with van der Waals surface area (Å²) in [6.07, 6.45) is 2.55. The van der Waals surface area contributed by atoms with E-state index in [0.717, 1.165) is 25.3 Å². The van der Waals surface area contributed by atoms with Crippen molar-refractivity contribution in [1.29, 1.82) is 0 Å². The van der Waals surface area contributed by atoms with Crippen molar-refractivity contribution in [3.8, 4) is 5.75 Å². The number of para-hydroxylation sites is 1. The molecule has 1 unspecified atom stereocenters. The summed E-state index contributed by atoms with van der Waals surface area (Å²) in [5.74, 6) is 0.794. The van der Waals surface area contributed by atoms with E-state index >= 15 is 0 Å². The van der Waals surface area contributed by atoms with Gasteiger partial charge in [-0.05, 0) is 31.5 Å². The highest BCUT2D eigenvalue weighted by Crippen LogP contribution is 2.25. The average molecular weight is 248 g/mol. The molecular weight excluding hydrogens is 233 g/mol. The molecule has 0 radical (unpaired) electrons. The van der Waals surface area contributed by atoms with Gasteiger partial charge in [0.15, 0.2) is 0 Å². The Balaban J connectivity index is 0.00000112. The Morgan fingerprint density at radius 3 is 2.80 bits per heavy atom. The van der Waals surface area contributed by atoms with Crippen LogP contribution in [-0.4, -0.2) is 19.2 Å². The van der Waals surface area contributed by atoms with Gasteiger partial charge in [-0.3, -0.25) is 0 Å². The van der Waals surface area contributed by atoms with Crippen molar-refractivity contribution in [3.63, 3.8) is 0 Å². The molecule has 1 aliphatic heterocycles. The van der Waals surface area contributed by atoms with Gasteiger partial charge in [-0.1, -0.05) is 23.7 Å². The third kappa shape index (κ3) is 3.56. The minimum absolute atomic E-state index is 0. The molecule has 0 aliphatic carbocycles. The minimum Gasteiger partial charge on any atom is -0.488 e. The van der Waals surface area contributed by atoms with E-state index in [2.05, 4.69) is 5.32 Å². The largest absolute Gasteiger partial charge is 0.488 e. The van der Waals surface area contributed by atoms with Crippen LogP contribution >= 0.6 is 24.0 Å². The van der Waals surface area contributed by atoms with Crippen molar-refractivity contribution in [3.05, 3.63) is 29.3 Å². The second kappa shape index (κ2) is 6.21. The van der Waals surface area contributed by atoms with Gasteiger partial charge in [0.05, 0.1) is 5.02 Å². The fourth-order valence-corrected chi connectivity index (χ4v) is 1.82. The number of ether oxygens (including phenoxy) is 1. The summed E-state index contributed by atoms with van der Waals surface area (Å²) in [6.45, 7) is 2.02. The lowest BCUT2D eigenvalue weighted by Gasteiger charge is -2.24. The van der Waals surface area contributed by atoms with Gasteiger partial charge in [-0.15, -0.1) is 12.4 Å². The lowest BCUT2D eigenvalue weighted by atomic mass is 10.1. The van der Waals surface area contributed by atoms with Crippen molar-refractivity contribution in [1.82, 2.24) is 5.32 Å². The van der Waals surface area contributed by atoms with Gasteiger partial charge in [0.1, 0.15) is 11.9 Å². The maximum absolute atomic E-state index is 6.00. The van der Waals surface area contributed by atoms with Crippen LogP contribution < -0.4 is 10.1 Å². The van der Waals surface area contributed by atoms with E-state index in [1.165, 1.54) is 6.42 Å². The second-order valence-corrected chi connectivity index (χ2v) is 3.92. The predicted molar refractivity (Wildman–Crippen MR) is 65.2 cm³/mol. The van der Waals surface area contributed by atoms with Crippen molar-refractivity contribution < 1.29 is 4.74 Å². The SMILES string of the molecule is Cl.Clc1ccccc1OC1CCCNC1. The zero-order valence-electron chi connectivity index (χ0n) is 8.41. The van der Waals surface area contributed by atoms with Crippen LogP contribution in [0.1, 0.15) is 12.8 Å². The fourth-order valence-electron chi connectivity index (χ4n) is 1.64. The van der Waals surface area contributed by atoms with E-state index in [-0.39, 0.29) is 18.5 Å². The molecule has 0 saturated carbocycles. The highest BCUT2D eigenvalue weighted by atomic mass is 35.5. The molecule has 1 heterocycles. The van der Waals surface area contributed by atoms with Crippen LogP contribution in [0.2, 0.25) is 5.02 Å². The Hall–Kier alpha value is -0.440. The van der Waals surface area contributed by atoms with E-state index in [1.807, 2.05) is 24.3 Å². The molecule has 1 aromatic rings. The fraction of sp³-hybridized carbons (Fsp3) is 0.455. The first-order valence-corrected chi connectivity index (χ1v) is 5.36. The normalized spacial score (nSPS) is 20.5. The van der Waals surface area contributed by atoms with Crippen LogP contribution in [-0.2, 0) is 0 Å². The van der Waals surface area contributed by atoms with E-state index in [9.17, 15) is 0 Å². The Labute approximate surface area is 101 Å². The highest BCUT2D eigenvalue weighted by Gasteiger charge is 2.15. The molecule has 0 spiro atoms. The van der Waals surface area contributed by atoms with E-state index in [0.29, 0.717) is 5.02 Å². The molecule has 1 N–H and O–H groups in total. The lowest BCUT2D eigenvalue weighted by molar-refractivity contribution is 0.167. The molecule has 1 fully saturated rings.